The van der Waals surface area contributed by atoms with Gasteiger partial charge in [0.05, 0.1) is 19.8 Å². The fraction of sp³-hybridized carbons (Fsp3) is 0.878. The maximum Gasteiger partial charge on any atom is 0.472 e. The molecule has 62 heavy (non-hydrogen) atoms. The minimum Gasteiger partial charge on any atom is -0.386 e. The maximum absolute atomic E-state index is 13.0. The van der Waals surface area contributed by atoms with Crippen LogP contribution in [-0.4, -0.2) is 70.9 Å². The molecule has 1 aliphatic heterocycles. The lowest BCUT2D eigenvalue weighted by Gasteiger charge is -2.21. The van der Waals surface area contributed by atoms with E-state index < -0.39 is 44.7 Å². The quantitative estimate of drug-likeness (QED) is 0.0324. The number of aromatic nitrogens is 2. The molecule has 0 amide bonds. The summed E-state index contributed by atoms with van der Waals surface area (Å²) in [6.07, 6.45) is 39.2. The number of aliphatic hydroxyl groups excluding tert-OH is 1. The number of phosphoric ester groups is 1. The van der Waals surface area contributed by atoms with Crippen LogP contribution in [0, 0.1) is 0 Å². The number of nitrogens with two attached hydrogens (primary N) is 1. The van der Waals surface area contributed by atoms with Crippen LogP contribution >= 0.6 is 7.82 Å². The molecule has 1 saturated heterocycles. The first-order valence-electron chi connectivity index (χ1n) is 25.4. The zero-order chi connectivity index (χ0) is 44.9. The SMILES string of the molecule is C=C1[C@H](n2ccc(N)nc2=O)O[C@H](COP(=O)(O)OC[C@@H](COCCCCCCCCCCCCCCCCCC)OCCCCCCCCCCCCCCCCCC)[C@H]1O. The van der Waals surface area contributed by atoms with Gasteiger partial charge in [-0.25, -0.2) is 9.36 Å². The van der Waals surface area contributed by atoms with Crippen LogP contribution in [-0.2, 0) is 27.8 Å². The number of hydrogen-bond donors (Lipinski definition) is 3. The number of aliphatic hydroxyl groups is 1. The van der Waals surface area contributed by atoms with E-state index in [0.717, 1.165) is 30.3 Å². The number of rotatable bonds is 44. The van der Waals surface area contributed by atoms with E-state index in [1.165, 1.54) is 192 Å². The van der Waals surface area contributed by atoms with Crippen LogP contribution in [0.4, 0.5) is 5.82 Å². The smallest absolute Gasteiger partial charge is 0.386 e. The first-order chi connectivity index (χ1) is 30.2. The van der Waals surface area contributed by atoms with E-state index in [4.69, 9.17) is 29.0 Å². The molecular weight excluding hydrogens is 806 g/mol. The molecule has 1 fully saturated rings. The summed E-state index contributed by atoms with van der Waals surface area (Å²) in [6, 6.07) is 1.42. The molecule has 1 aromatic heterocycles. The Bertz CT molecular complexity index is 1330. The van der Waals surface area contributed by atoms with Crippen molar-refractivity contribution in [2.24, 2.45) is 0 Å². The second kappa shape index (κ2) is 37.6. The van der Waals surface area contributed by atoms with Crippen molar-refractivity contribution in [2.45, 2.75) is 244 Å². The Hall–Kier alpha value is -1.63. The predicted molar refractivity (Wildman–Crippen MR) is 253 cm³/mol. The van der Waals surface area contributed by atoms with E-state index in [9.17, 15) is 19.4 Å². The van der Waals surface area contributed by atoms with Crippen molar-refractivity contribution in [3.8, 4) is 0 Å². The van der Waals surface area contributed by atoms with Crippen molar-refractivity contribution < 1.29 is 37.8 Å². The molecule has 4 N–H and O–H groups in total. The highest BCUT2D eigenvalue weighted by Crippen LogP contribution is 2.45. The molecule has 1 unspecified atom stereocenters. The van der Waals surface area contributed by atoms with E-state index in [0.29, 0.717) is 13.2 Å². The molecule has 5 atom stereocenters. The summed E-state index contributed by atoms with van der Waals surface area (Å²) in [7, 11) is -4.56. The number of hydrogen-bond acceptors (Lipinski definition) is 10. The van der Waals surface area contributed by atoms with Crippen molar-refractivity contribution in [2.75, 3.05) is 38.8 Å². The van der Waals surface area contributed by atoms with E-state index in [1.807, 2.05) is 0 Å². The Morgan fingerprint density at radius 1 is 0.694 bits per heavy atom. The summed E-state index contributed by atoms with van der Waals surface area (Å²) in [5.41, 5.74) is 5.10. The molecule has 12 nitrogen and oxygen atoms in total. The van der Waals surface area contributed by atoms with Crippen molar-refractivity contribution >= 4 is 13.6 Å². The first-order valence-corrected chi connectivity index (χ1v) is 26.9. The lowest BCUT2D eigenvalue weighted by Crippen LogP contribution is -2.29. The van der Waals surface area contributed by atoms with Crippen molar-refractivity contribution in [1.82, 2.24) is 9.55 Å². The molecule has 0 saturated carbocycles. The summed E-state index contributed by atoms with van der Waals surface area (Å²) in [6.45, 7) is 9.07. The summed E-state index contributed by atoms with van der Waals surface area (Å²) in [5.74, 6) is 0.0478. The number of nitrogens with zero attached hydrogens (tertiary/aromatic N) is 2. The normalized spacial score (nSPS) is 18.1. The highest BCUT2D eigenvalue weighted by atomic mass is 31.2. The second-order valence-electron chi connectivity index (χ2n) is 17.8. The topological polar surface area (TPSA) is 165 Å². The Kier molecular flexibility index (Phi) is 34.2. The van der Waals surface area contributed by atoms with Crippen molar-refractivity contribution in [3.05, 3.63) is 34.9 Å². The van der Waals surface area contributed by atoms with Crippen LogP contribution < -0.4 is 11.4 Å². The number of unbranched alkanes of at least 4 members (excludes halogenated alkanes) is 30. The van der Waals surface area contributed by atoms with Gasteiger partial charge >= 0.3 is 13.5 Å². The predicted octanol–water partition coefficient (Wildman–Crippen LogP) is 12.7. The standard InChI is InChI=1S/C49H92N3O9P/c1-4-6-8-10-12-14-16-18-20-22-24-26-28-30-32-34-38-57-40-44(58-39-35-33-31-29-27-25-23-21-19-17-15-13-11-9-7-5-2)41-59-62(55,56)60-42-45-47(53)43(3)48(61-45)52-37-36-46(50)51-49(52)54/h36-37,44-45,47-48,53H,3-35,38-42H2,1-2H3,(H,55,56)(H2,50,51,54)/t44-,45-,47+,48-/m1/s1. The Morgan fingerprint density at radius 2 is 1.11 bits per heavy atom. The third kappa shape index (κ3) is 28.3. The molecule has 0 radical (unpaired) electrons. The number of phosphoric acid groups is 1. The molecule has 362 valence electrons. The number of ether oxygens (including phenoxy) is 3. The third-order valence-corrected chi connectivity index (χ3v) is 13.0. The molecule has 2 heterocycles. The monoisotopic (exact) mass is 898 g/mol. The molecule has 2 rings (SSSR count). The fourth-order valence-electron chi connectivity index (χ4n) is 8.08. The lowest BCUT2D eigenvalue weighted by atomic mass is 10.0. The van der Waals surface area contributed by atoms with Crippen LogP contribution in [0.3, 0.4) is 0 Å². The third-order valence-electron chi connectivity index (χ3n) is 12.1. The molecule has 0 aliphatic carbocycles. The molecule has 1 aromatic rings. The lowest BCUT2D eigenvalue weighted by molar-refractivity contribution is -0.0566. The fourth-order valence-corrected chi connectivity index (χ4v) is 8.85. The van der Waals surface area contributed by atoms with Crippen LogP contribution in [0.2, 0.25) is 0 Å². The van der Waals surface area contributed by atoms with Crippen LogP contribution in [0.25, 0.3) is 0 Å². The Morgan fingerprint density at radius 3 is 1.55 bits per heavy atom. The molecular formula is C49H92N3O9P. The minimum atomic E-state index is -4.56. The average molecular weight is 898 g/mol. The van der Waals surface area contributed by atoms with Gasteiger partial charge in [0.15, 0.2) is 6.23 Å². The average Bonchev–Trinajstić information content (AvgIpc) is 3.53. The summed E-state index contributed by atoms with van der Waals surface area (Å²) in [5, 5.41) is 10.7. The Balaban J connectivity index is 1.65. The molecule has 1 aliphatic rings. The van der Waals surface area contributed by atoms with E-state index in [-0.39, 0.29) is 24.6 Å². The highest BCUT2D eigenvalue weighted by Gasteiger charge is 2.41. The summed E-state index contributed by atoms with van der Waals surface area (Å²) < 4.78 is 42.6. The van der Waals surface area contributed by atoms with Gasteiger partial charge in [-0.05, 0) is 18.9 Å². The largest absolute Gasteiger partial charge is 0.472 e. The van der Waals surface area contributed by atoms with Gasteiger partial charge in [-0.2, -0.15) is 4.98 Å². The number of anilines is 1. The van der Waals surface area contributed by atoms with Crippen LogP contribution in [0.15, 0.2) is 29.2 Å². The molecule has 0 aromatic carbocycles. The Labute approximate surface area is 377 Å². The van der Waals surface area contributed by atoms with Gasteiger partial charge in [0.2, 0.25) is 0 Å². The van der Waals surface area contributed by atoms with E-state index >= 15 is 0 Å². The molecule has 13 heteroatoms. The first kappa shape index (κ1) is 56.5. The van der Waals surface area contributed by atoms with Gasteiger partial charge in [0, 0.05) is 25.0 Å². The second-order valence-corrected chi connectivity index (χ2v) is 19.3. The summed E-state index contributed by atoms with van der Waals surface area (Å²) >= 11 is 0. The van der Waals surface area contributed by atoms with Crippen LogP contribution in [0.1, 0.15) is 226 Å². The maximum atomic E-state index is 13.0. The zero-order valence-corrected chi connectivity index (χ0v) is 40.4. The van der Waals surface area contributed by atoms with Crippen molar-refractivity contribution in [3.63, 3.8) is 0 Å². The number of nitrogen functional groups attached to an aromatic ring is 1. The minimum absolute atomic E-state index is 0.0478. The zero-order valence-electron chi connectivity index (χ0n) is 39.5. The van der Waals surface area contributed by atoms with Crippen LogP contribution in [0.5, 0.6) is 0 Å². The van der Waals surface area contributed by atoms with E-state index in [2.05, 4.69) is 25.4 Å². The van der Waals surface area contributed by atoms with Gasteiger partial charge in [-0.1, -0.05) is 213 Å². The van der Waals surface area contributed by atoms with Gasteiger partial charge in [-0.15, -0.1) is 0 Å². The van der Waals surface area contributed by atoms with Crippen molar-refractivity contribution in [1.29, 1.82) is 0 Å². The van der Waals surface area contributed by atoms with Gasteiger partial charge in [0.25, 0.3) is 0 Å². The highest BCUT2D eigenvalue weighted by molar-refractivity contribution is 7.47. The molecule has 0 spiro atoms. The molecule has 0 bridgehead atoms. The summed E-state index contributed by atoms with van der Waals surface area (Å²) in [4.78, 5) is 26.6. The van der Waals surface area contributed by atoms with Gasteiger partial charge in [-0.3, -0.25) is 13.6 Å². The van der Waals surface area contributed by atoms with Gasteiger partial charge < -0.3 is 29.9 Å². The van der Waals surface area contributed by atoms with Gasteiger partial charge in [0.1, 0.15) is 24.1 Å². The van der Waals surface area contributed by atoms with E-state index in [1.54, 1.807) is 0 Å².